The normalized spacial score (nSPS) is 12.6. The van der Waals surface area contributed by atoms with Crippen LogP contribution in [-0.2, 0) is 0 Å². The van der Waals surface area contributed by atoms with Gasteiger partial charge in [-0.15, -0.1) is 11.3 Å². The molecular formula is C13H13BrINS. The van der Waals surface area contributed by atoms with Gasteiger partial charge in [0.15, 0.2) is 0 Å². The molecule has 0 aliphatic carbocycles. The Morgan fingerprint density at radius 1 is 1.41 bits per heavy atom. The first-order valence-electron chi connectivity index (χ1n) is 5.44. The maximum absolute atomic E-state index is 3.65. The summed E-state index contributed by atoms with van der Waals surface area (Å²) in [6, 6.07) is 11.0. The Bertz CT molecular complexity index is 484. The Morgan fingerprint density at radius 2 is 2.24 bits per heavy atom. The van der Waals surface area contributed by atoms with Gasteiger partial charge in [0.1, 0.15) is 0 Å². The van der Waals surface area contributed by atoms with Crippen molar-refractivity contribution in [1.29, 1.82) is 0 Å². The zero-order chi connectivity index (χ0) is 12.3. The minimum absolute atomic E-state index is 0.282. The predicted octanol–water partition coefficient (Wildman–Crippen LogP) is 4.81. The molecule has 1 nitrogen and oxygen atoms in total. The number of hydrogen-bond donors (Lipinski definition) is 1. The van der Waals surface area contributed by atoms with E-state index in [-0.39, 0.29) is 6.04 Å². The first-order chi connectivity index (χ1) is 8.22. The van der Waals surface area contributed by atoms with Crippen LogP contribution in [0, 0.1) is 3.57 Å². The molecule has 1 aromatic heterocycles. The van der Waals surface area contributed by atoms with Gasteiger partial charge in [-0.3, -0.25) is 0 Å². The predicted molar refractivity (Wildman–Crippen MR) is 86.7 cm³/mol. The topological polar surface area (TPSA) is 12.0 Å². The van der Waals surface area contributed by atoms with Crippen LogP contribution in [0.15, 0.2) is 40.2 Å². The molecule has 0 fully saturated rings. The summed E-state index contributed by atoms with van der Waals surface area (Å²) in [4.78, 5) is 1.36. The first kappa shape index (κ1) is 13.5. The molecular weight excluding hydrogens is 409 g/mol. The summed E-state index contributed by atoms with van der Waals surface area (Å²) in [5, 5.41) is 5.67. The van der Waals surface area contributed by atoms with Crippen LogP contribution in [0.2, 0.25) is 0 Å². The number of benzene rings is 1. The number of thiophene rings is 1. The molecule has 2 aromatic rings. The second kappa shape index (κ2) is 6.31. The van der Waals surface area contributed by atoms with Crippen molar-refractivity contribution in [2.24, 2.45) is 0 Å². The lowest BCUT2D eigenvalue weighted by atomic mass is 10.1. The largest absolute Gasteiger partial charge is 0.306 e. The van der Waals surface area contributed by atoms with Crippen molar-refractivity contribution in [2.75, 3.05) is 6.54 Å². The molecule has 1 unspecified atom stereocenters. The summed E-state index contributed by atoms with van der Waals surface area (Å²) in [6.07, 6.45) is 0. The Morgan fingerprint density at radius 3 is 2.88 bits per heavy atom. The van der Waals surface area contributed by atoms with E-state index in [1.165, 1.54) is 14.0 Å². The van der Waals surface area contributed by atoms with E-state index in [0.29, 0.717) is 0 Å². The summed E-state index contributed by atoms with van der Waals surface area (Å²) in [7, 11) is 0. The molecule has 17 heavy (non-hydrogen) atoms. The van der Waals surface area contributed by atoms with Gasteiger partial charge < -0.3 is 5.32 Å². The van der Waals surface area contributed by atoms with E-state index in [0.717, 1.165) is 11.0 Å². The molecule has 0 amide bonds. The lowest BCUT2D eigenvalue weighted by Crippen LogP contribution is -2.21. The summed E-state index contributed by atoms with van der Waals surface area (Å²) in [5.41, 5.74) is 1.31. The highest BCUT2D eigenvalue weighted by molar-refractivity contribution is 14.1. The molecule has 0 aliphatic heterocycles. The standard InChI is InChI=1S/C13H13BrINS/c1-2-16-13(12-4-3-7-17-12)10-8-9(15)5-6-11(10)14/h3-8,13,16H,2H2,1H3. The Kier molecular flexibility index (Phi) is 5.02. The molecule has 1 N–H and O–H groups in total. The number of nitrogens with one attached hydrogen (secondary N) is 1. The van der Waals surface area contributed by atoms with Crippen LogP contribution in [0.4, 0.5) is 0 Å². The van der Waals surface area contributed by atoms with Crippen LogP contribution < -0.4 is 5.32 Å². The molecule has 1 aromatic carbocycles. The zero-order valence-corrected chi connectivity index (χ0v) is 14.0. The fraction of sp³-hybridized carbons (Fsp3) is 0.231. The third-order valence-electron chi connectivity index (χ3n) is 2.50. The Labute approximate surface area is 128 Å². The van der Waals surface area contributed by atoms with Gasteiger partial charge in [-0.05, 0) is 64.3 Å². The van der Waals surface area contributed by atoms with E-state index in [2.05, 4.69) is 86.5 Å². The third kappa shape index (κ3) is 3.30. The van der Waals surface area contributed by atoms with Crippen molar-refractivity contribution >= 4 is 49.9 Å². The van der Waals surface area contributed by atoms with E-state index in [1.54, 1.807) is 11.3 Å². The summed E-state index contributed by atoms with van der Waals surface area (Å²) in [6.45, 7) is 3.10. The van der Waals surface area contributed by atoms with Crippen molar-refractivity contribution in [3.63, 3.8) is 0 Å². The average Bonchev–Trinajstić information content (AvgIpc) is 2.83. The number of halogens is 2. The molecule has 0 radical (unpaired) electrons. The van der Waals surface area contributed by atoms with Crippen molar-refractivity contribution in [2.45, 2.75) is 13.0 Å². The van der Waals surface area contributed by atoms with Gasteiger partial charge in [-0.25, -0.2) is 0 Å². The van der Waals surface area contributed by atoms with Crippen molar-refractivity contribution in [3.05, 3.63) is 54.2 Å². The van der Waals surface area contributed by atoms with Gasteiger partial charge in [-0.1, -0.05) is 28.9 Å². The first-order valence-corrected chi connectivity index (χ1v) is 8.19. The van der Waals surface area contributed by atoms with Gasteiger partial charge in [0.2, 0.25) is 0 Å². The van der Waals surface area contributed by atoms with Crippen molar-refractivity contribution < 1.29 is 0 Å². The molecule has 0 saturated carbocycles. The Balaban J connectivity index is 2.42. The summed E-state index contributed by atoms with van der Waals surface area (Å²) < 4.78 is 2.43. The fourth-order valence-electron chi connectivity index (χ4n) is 1.76. The second-order valence-corrected chi connectivity index (χ2v) is 6.75. The van der Waals surface area contributed by atoms with E-state index in [4.69, 9.17) is 0 Å². The quantitative estimate of drug-likeness (QED) is 0.698. The molecule has 1 heterocycles. The maximum atomic E-state index is 3.65. The monoisotopic (exact) mass is 421 g/mol. The third-order valence-corrected chi connectivity index (χ3v) is 4.84. The lowest BCUT2D eigenvalue weighted by molar-refractivity contribution is 0.637. The van der Waals surface area contributed by atoms with Gasteiger partial charge in [0, 0.05) is 12.9 Å². The highest BCUT2D eigenvalue weighted by atomic mass is 127. The van der Waals surface area contributed by atoms with Gasteiger partial charge in [0.25, 0.3) is 0 Å². The van der Waals surface area contributed by atoms with Crippen LogP contribution >= 0.6 is 49.9 Å². The molecule has 90 valence electrons. The Hall–Kier alpha value is 0.0900. The smallest absolute Gasteiger partial charge is 0.0682 e. The molecule has 0 saturated heterocycles. The van der Waals surface area contributed by atoms with Crippen LogP contribution in [-0.4, -0.2) is 6.54 Å². The van der Waals surface area contributed by atoms with E-state index in [1.807, 2.05) is 0 Å². The summed E-state index contributed by atoms with van der Waals surface area (Å²) in [5.74, 6) is 0. The van der Waals surface area contributed by atoms with Gasteiger partial charge in [0.05, 0.1) is 6.04 Å². The number of rotatable bonds is 4. The summed E-state index contributed by atoms with van der Waals surface area (Å²) >= 11 is 7.80. The molecule has 1 atom stereocenters. The van der Waals surface area contributed by atoms with Crippen molar-refractivity contribution in [3.8, 4) is 0 Å². The minimum atomic E-state index is 0.282. The van der Waals surface area contributed by atoms with E-state index in [9.17, 15) is 0 Å². The lowest BCUT2D eigenvalue weighted by Gasteiger charge is -2.18. The highest BCUT2D eigenvalue weighted by Crippen LogP contribution is 2.32. The second-order valence-electron chi connectivity index (χ2n) is 3.67. The average molecular weight is 422 g/mol. The van der Waals surface area contributed by atoms with Gasteiger partial charge >= 0.3 is 0 Å². The number of hydrogen-bond acceptors (Lipinski definition) is 2. The molecule has 2 rings (SSSR count). The highest BCUT2D eigenvalue weighted by Gasteiger charge is 2.16. The van der Waals surface area contributed by atoms with Crippen LogP contribution in [0.25, 0.3) is 0 Å². The van der Waals surface area contributed by atoms with E-state index >= 15 is 0 Å². The zero-order valence-electron chi connectivity index (χ0n) is 9.41. The van der Waals surface area contributed by atoms with Crippen LogP contribution in [0.1, 0.15) is 23.4 Å². The van der Waals surface area contributed by atoms with Crippen LogP contribution in [0.3, 0.4) is 0 Å². The maximum Gasteiger partial charge on any atom is 0.0682 e. The SMILES string of the molecule is CCNC(c1cccs1)c1cc(I)ccc1Br. The van der Waals surface area contributed by atoms with Crippen LogP contribution in [0.5, 0.6) is 0 Å². The molecule has 0 aliphatic rings. The molecule has 0 bridgehead atoms. The van der Waals surface area contributed by atoms with E-state index < -0.39 is 0 Å². The molecule has 0 spiro atoms. The van der Waals surface area contributed by atoms with Crippen molar-refractivity contribution in [1.82, 2.24) is 5.32 Å². The fourth-order valence-corrected chi connectivity index (χ4v) is 3.57. The minimum Gasteiger partial charge on any atom is -0.306 e. The molecule has 4 heteroatoms. The van der Waals surface area contributed by atoms with Gasteiger partial charge in [-0.2, -0.15) is 0 Å².